The summed E-state index contributed by atoms with van der Waals surface area (Å²) in [6.45, 7) is 9.82. The maximum absolute atomic E-state index is 12.9. The van der Waals surface area contributed by atoms with Crippen molar-refractivity contribution in [3.05, 3.63) is 54.1 Å². The molecule has 0 spiro atoms. The van der Waals surface area contributed by atoms with E-state index in [4.69, 9.17) is 4.74 Å². The summed E-state index contributed by atoms with van der Waals surface area (Å²) in [4.78, 5) is 17.5. The van der Waals surface area contributed by atoms with Gasteiger partial charge in [0.05, 0.1) is 18.8 Å². The Labute approximate surface area is 174 Å². The highest BCUT2D eigenvalue weighted by molar-refractivity contribution is 5.95. The first-order chi connectivity index (χ1) is 14.0. The maximum Gasteiger partial charge on any atom is 0.241 e. The molecule has 1 saturated heterocycles. The predicted molar refractivity (Wildman–Crippen MR) is 120 cm³/mol. The lowest BCUT2D eigenvalue weighted by Crippen LogP contribution is -2.53. The van der Waals surface area contributed by atoms with Crippen molar-refractivity contribution in [2.24, 2.45) is 0 Å². The maximum atomic E-state index is 12.9. The molecule has 1 N–H and O–H groups in total. The number of piperazine rings is 1. The Hall–Kier alpha value is -2.53. The second-order valence-corrected chi connectivity index (χ2v) is 7.76. The van der Waals surface area contributed by atoms with Crippen molar-refractivity contribution in [2.75, 3.05) is 43.5 Å². The molecule has 2 atom stereocenters. The van der Waals surface area contributed by atoms with Crippen LogP contribution in [0.5, 0.6) is 5.75 Å². The van der Waals surface area contributed by atoms with Crippen LogP contribution in [0.25, 0.3) is 0 Å². The van der Waals surface area contributed by atoms with E-state index in [1.54, 1.807) is 7.11 Å². The number of rotatable bonds is 7. The minimum Gasteiger partial charge on any atom is -0.495 e. The first-order valence-corrected chi connectivity index (χ1v) is 10.6. The van der Waals surface area contributed by atoms with Crippen LogP contribution in [0.2, 0.25) is 0 Å². The molecule has 0 aliphatic carbocycles. The van der Waals surface area contributed by atoms with E-state index >= 15 is 0 Å². The minimum absolute atomic E-state index is 0.0616. The fraction of sp³-hybridized carbons (Fsp3) is 0.458. The topological polar surface area (TPSA) is 44.8 Å². The number of benzene rings is 2. The number of carbonyl (C=O) groups excluding carboxylic acids is 1. The van der Waals surface area contributed by atoms with Crippen molar-refractivity contribution in [3.8, 4) is 5.75 Å². The average Bonchev–Trinajstić information content (AvgIpc) is 2.78. The zero-order chi connectivity index (χ0) is 20.8. The van der Waals surface area contributed by atoms with E-state index in [1.165, 1.54) is 5.56 Å². The third-order valence-corrected chi connectivity index (χ3v) is 6.03. The number of nitrogens with zero attached hydrogens (tertiary/aromatic N) is 2. The Kier molecular flexibility index (Phi) is 7.15. The van der Waals surface area contributed by atoms with Crippen LogP contribution in [-0.2, 0) is 4.79 Å². The molecule has 0 aromatic heterocycles. The summed E-state index contributed by atoms with van der Waals surface area (Å²) in [6.07, 6.45) is 1.05. The zero-order valence-electron chi connectivity index (χ0n) is 18.0. The van der Waals surface area contributed by atoms with Gasteiger partial charge in [-0.3, -0.25) is 9.69 Å². The Morgan fingerprint density at radius 2 is 1.69 bits per heavy atom. The number of anilines is 2. The fourth-order valence-electron chi connectivity index (χ4n) is 3.90. The van der Waals surface area contributed by atoms with Gasteiger partial charge >= 0.3 is 0 Å². The summed E-state index contributed by atoms with van der Waals surface area (Å²) in [5.41, 5.74) is 3.26. The Balaban J connectivity index is 1.61. The highest BCUT2D eigenvalue weighted by Gasteiger charge is 2.27. The quantitative estimate of drug-likeness (QED) is 0.757. The van der Waals surface area contributed by atoms with Crippen LogP contribution in [-0.4, -0.2) is 50.1 Å². The average molecular weight is 396 g/mol. The lowest BCUT2D eigenvalue weighted by molar-refractivity contribution is -0.120. The molecule has 0 saturated carbocycles. The minimum atomic E-state index is -0.167. The van der Waals surface area contributed by atoms with Crippen molar-refractivity contribution >= 4 is 17.3 Å². The van der Waals surface area contributed by atoms with Gasteiger partial charge in [0.25, 0.3) is 0 Å². The van der Waals surface area contributed by atoms with Crippen LogP contribution in [0.15, 0.2) is 48.5 Å². The van der Waals surface area contributed by atoms with Crippen LogP contribution in [0.3, 0.4) is 0 Å². The molecule has 1 heterocycles. The standard InChI is InChI=1S/C24H33N3O2/c1-5-18(2)20-10-6-7-11-21(20)25-24(28)19(3)26-14-16-27(17-15-26)22-12-8-9-13-23(22)29-4/h6-13,18-19H,5,14-17H2,1-4H3,(H,25,28). The second-order valence-electron chi connectivity index (χ2n) is 7.76. The second kappa shape index (κ2) is 9.79. The number of carbonyl (C=O) groups is 1. The molecule has 2 unspecified atom stereocenters. The van der Waals surface area contributed by atoms with E-state index in [0.717, 1.165) is 49.7 Å². The molecule has 1 aliphatic rings. The molecular formula is C24H33N3O2. The van der Waals surface area contributed by atoms with E-state index in [-0.39, 0.29) is 11.9 Å². The van der Waals surface area contributed by atoms with Crippen LogP contribution >= 0.6 is 0 Å². The normalized spacial score (nSPS) is 16.9. The Morgan fingerprint density at radius 3 is 2.38 bits per heavy atom. The number of amides is 1. The number of nitrogens with one attached hydrogen (secondary N) is 1. The first-order valence-electron chi connectivity index (χ1n) is 10.6. The van der Waals surface area contributed by atoms with E-state index in [2.05, 4.69) is 41.1 Å². The summed E-state index contributed by atoms with van der Waals surface area (Å²) >= 11 is 0. The molecule has 2 aromatic rings. The third-order valence-electron chi connectivity index (χ3n) is 6.03. The van der Waals surface area contributed by atoms with Gasteiger partial charge in [0.2, 0.25) is 5.91 Å². The summed E-state index contributed by atoms with van der Waals surface area (Å²) in [6, 6.07) is 16.1. The van der Waals surface area contributed by atoms with Crippen molar-refractivity contribution < 1.29 is 9.53 Å². The van der Waals surface area contributed by atoms with Crippen molar-refractivity contribution in [3.63, 3.8) is 0 Å². The van der Waals surface area contributed by atoms with Gasteiger partial charge in [-0.15, -0.1) is 0 Å². The van der Waals surface area contributed by atoms with Crippen molar-refractivity contribution in [2.45, 2.75) is 39.2 Å². The summed E-state index contributed by atoms with van der Waals surface area (Å²) in [5, 5.41) is 3.17. The third kappa shape index (κ3) is 4.91. The van der Waals surface area contributed by atoms with Crippen LogP contribution in [0.4, 0.5) is 11.4 Å². The number of hydrogen-bond acceptors (Lipinski definition) is 4. The van der Waals surface area contributed by atoms with Gasteiger partial charge in [-0.05, 0) is 43.0 Å². The van der Waals surface area contributed by atoms with E-state index < -0.39 is 0 Å². The van der Waals surface area contributed by atoms with Crippen LogP contribution in [0.1, 0.15) is 38.7 Å². The van der Waals surface area contributed by atoms with Gasteiger partial charge in [0.15, 0.2) is 0 Å². The van der Waals surface area contributed by atoms with Crippen LogP contribution in [0, 0.1) is 0 Å². The number of hydrogen-bond donors (Lipinski definition) is 1. The molecule has 156 valence electrons. The molecule has 0 bridgehead atoms. The summed E-state index contributed by atoms with van der Waals surface area (Å²) < 4.78 is 5.50. The lowest BCUT2D eigenvalue weighted by Gasteiger charge is -2.39. The van der Waals surface area contributed by atoms with E-state index in [0.29, 0.717) is 5.92 Å². The highest BCUT2D eigenvalue weighted by Crippen LogP contribution is 2.29. The fourth-order valence-corrected chi connectivity index (χ4v) is 3.90. The number of ether oxygens (including phenoxy) is 1. The van der Waals surface area contributed by atoms with E-state index in [9.17, 15) is 4.79 Å². The van der Waals surface area contributed by atoms with Crippen molar-refractivity contribution in [1.82, 2.24) is 4.90 Å². The smallest absolute Gasteiger partial charge is 0.241 e. The molecule has 1 aliphatic heterocycles. The SMILES string of the molecule is CCC(C)c1ccccc1NC(=O)C(C)N1CCN(c2ccccc2OC)CC1. The zero-order valence-corrected chi connectivity index (χ0v) is 18.0. The predicted octanol–water partition coefficient (Wildman–Crippen LogP) is 4.36. The summed E-state index contributed by atoms with van der Waals surface area (Å²) in [5.74, 6) is 1.38. The Bertz CT molecular complexity index is 815. The van der Waals surface area contributed by atoms with Gasteiger partial charge in [-0.25, -0.2) is 0 Å². The van der Waals surface area contributed by atoms with Gasteiger partial charge < -0.3 is 15.0 Å². The molecule has 1 amide bonds. The molecule has 0 radical (unpaired) electrons. The van der Waals surface area contributed by atoms with Crippen molar-refractivity contribution in [1.29, 1.82) is 0 Å². The van der Waals surface area contributed by atoms with Gasteiger partial charge in [-0.2, -0.15) is 0 Å². The molecule has 29 heavy (non-hydrogen) atoms. The molecule has 1 fully saturated rings. The van der Waals surface area contributed by atoms with Crippen LogP contribution < -0.4 is 15.0 Å². The molecule has 5 nitrogen and oxygen atoms in total. The monoisotopic (exact) mass is 395 g/mol. The van der Waals surface area contributed by atoms with E-state index in [1.807, 2.05) is 43.3 Å². The van der Waals surface area contributed by atoms with Gasteiger partial charge in [0.1, 0.15) is 5.75 Å². The first kappa shape index (κ1) is 21.2. The van der Waals surface area contributed by atoms with Gasteiger partial charge in [0, 0.05) is 31.9 Å². The molecule has 5 heteroatoms. The molecule has 2 aromatic carbocycles. The number of methoxy groups -OCH3 is 1. The highest BCUT2D eigenvalue weighted by atomic mass is 16.5. The molecular weight excluding hydrogens is 362 g/mol. The number of para-hydroxylation sites is 3. The van der Waals surface area contributed by atoms with Gasteiger partial charge in [-0.1, -0.05) is 44.2 Å². The molecule has 3 rings (SSSR count). The summed E-state index contributed by atoms with van der Waals surface area (Å²) in [7, 11) is 1.71. The largest absolute Gasteiger partial charge is 0.495 e. The lowest BCUT2D eigenvalue weighted by atomic mass is 9.97. The Morgan fingerprint density at radius 1 is 1.03 bits per heavy atom.